The molecule has 5 nitrogen and oxygen atoms in total. The number of hydrogen-bond acceptors (Lipinski definition) is 3. The van der Waals surface area contributed by atoms with Gasteiger partial charge in [-0.25, -0.2) is 4.72 Å². The number of hydrogen-bond donors (Lipinski definition) is 2. The van der Waals surface area contributed by atoms with Gasteiger partial charge in [0.25, 0.3) is 10.2 Å². The van der Waals surface area contributed by atoms with Crippen LogP contribution in [0.15, 0.2) is 0 Å². The minimum Gasteiger partial charge on any atom is -0.395 e. The van der Waals surface area contributed by atoms with Gasteiger partial charge in [-0.2, -0.15) is 12.7 Å². The van der Waals surface area contributed by atoms with Crippen LogP contribution in [0.5, 0.6) is 0 Å². The third-order valence-electron chi connectivity index (χ3n) is 2.52. The standard InChI is InChI=1S/C9H20N2O3S/c1-8(2)6-10-15(13,14)11-5-3-4-9(11)7-12/h8-10,12H,3-7H2,1-2H3. The Morgan fingerprint density at radius 2 is 2.20 bits per heavy atom. The summed E-state index contributed by atoms with van der Waals surface area (Å²) in [5.41, 5.74) is 0. The lowest BCUT2D eigenvalue weighted by molar-refractivity contribution is 0.212. The molecule has 90 valence electrons. The number of aliphatic hydroxyl groups excluding tert-OH is 1. The summed E-state index contributed by atoms with van der Waals surface area (Å²) < 4.78 is 27.5. The Morgan fingerprint density at radius 3 is 2.73 bits per heavy atom. The molecule has 1 heterocycles. The Hall–Kier alpha value is -0.170. The van der Waals surface area contributed by atoms with Crippen LogP contribution in [-0.4, -0.2) is 43.6 Å². The second-order valence-electron chi connectivity index (χ2n) is 4.34. The fourth-order valence-electron chi connectivity index (χ4n) is 1.66. The fourth-order valence-corrected chi connectivity index (χ4v) is 3.31. The molecule has 1 aliphatic rings. The highest BCUT2D eigenvalue weighted by atomic mass is 32.2. The second-order valence-corrected chi connectivity index (χ2v) is 6.04. The van der Waals surface area contributed by atoms with Crippen LogP contribution in [0.4, 0.5) is 0 Å². The zero-order chi connectivity index (χ0) is 11.5. The molecular formula is C9H20N2O3S. The lowest BCUT2D eigenvalue weighted by Gasteiger charge is -2.23. The first-order valence-electron chi connectivity index (χ1n) is 5.34. The molecule has 0 aliphatic carbocycles. The van der Waals surface area contributed by atoms with Gasteiger partial charge in [-0.1, -0.05) is 13.8 Å². The average Bonchev–Trinajstić information content (AvgIpc) is 2.63. The maximum absolute atomic E-state index is 11.8. The Balaban J connectivity index is 2.60. The van der Waals surface area contributed by atoms with Gasteiger partial charge in [0, 0.05) is 19.1 Å². The summed E-state index contributed by atoms with van der Waals surface area (Å²) in [6.45, 7) is 4.77. The fraction of sp³-hybridized carbons (Fsp3) is 1.00. The molecule has 0 saturated carbocycles. The molecule has 1 atom stereocenters. The van der Waals surface area contributed by atoms with Gasteiger partial charge < -0.3 is 5.11 Å². The van der Waals surface area contributed by atoms with E-state index in [-0.39, 0.29) is 18.6 Å². The van der Waals surface area contributed by atoms with Gasteiger partial charge >= 0.3 is 0 Å². The summed E-state index contributed by atoms with van der Waals surface area (Å²) in [7, 11) is -3.39. The van der Waals surface area contributed by atoms with Crippen molar-refractivity contribution in [2.75, 3.05) is 19.7 Å². The van der Waals surface area contributed by atoms with Gasteiger partial charge in [0.05, 0.1) is 6.61 Å². The van der Waals surface area contributed by atoms with Crippen molar-refractivity contribution in [3.05, 3.63) is 0 Å². The largest absolute Gasteiger partial charge is 0.395 e. The van der Waals surface area contributed by atoms with Crippen molar-refractivity contribution in [1.82, 2.24) is 9.03 Å². The number of rotatable bonds is 5. The van der Waals surface area contributed by atoms with Crippen molar-refractivity contribution < 1.29 is 13.5 Å². The lowest BCUT2D eigenvalue weighted by atomic mass is 10.2. The zero-order valence-electron chi connectivity index (χ0n) is 9.31. The van der Waals surface area contributed by atoms with Gasteiger partial charge in [-0.15, -0.1) is 0 Å². The van der Waals surface area contributed by atoms with Gasteiger partial charge in [0.2, 0.25) is 0 Å². The molecule has 0 aromatic carbocycles. The summed E-state index contributed by atoms with van der Waals surface area (Å²) in [4.78, 5) is 0. The van der Waals surface area contributed by atoms with Crippen molar-refractivity contribution >= 4 is 10.2 Å². The first-order chi connectivity index (χ1) is 6.97. The van der Waals surface area contributed by atoms with E-state index in [4.69, 9.17) is 5.11 Å². The molecule has 2 N–H and O–H groups in total. The maximum atomic E-state index is 11.8. The van der Waals surface area contributed by atoms with Crippen molar-refractivity contribution in [2.45, 2.75) is 32.7 Å². The van der Waals surface area contributed by atoms with Gasteiger partial charge in [0.15, 0.2) is 0 Å². The first kappa shape index (κ1) is 12.9. The van der Waals surface area contributed by atoms with Gasteiger partial charge in [-0.3, -0.25) is 0 Å². The second kappa shape index (κ2) is 5.25. The number of nitrogens with zero attached hydrogens (tertiary/aromatic N) is 1. The molecule has 0 radical (unpaired) electrons. The van der Waals surface area contributed by atoms with Crippen molar-refractivity contribution in [3.8, 4) is 0 Å². The van der Waals surface area contributed by atoms with Crippen LogP contribution in [-0.2, 0) is 10.2 Å². The SMILES string of the molecule is CC(C)CNS(=O)(=O)N1CCCC1CO. The Kier molecular flexibility index (Phi) is 4.51. The van der Waals surface area contributed by atoms with E-state index in [2.05, 4.69) is 4.72 Å². The lowest BCUT2D eigenvalue weighted by Crippen LogP contribution is -2.45. The summed E-state index contributed by atoms with van der Waals surface area (Å²) in [5.74, 6) is 0.287. The quantitative estimate of drug-likeness (QED) is 0.702. The molecule has 1 unspecified atom stereocenters. The Labute approximate surface area is 91.7 Å². The molecule has 0 amide bonds. The van der Waals surface area contributed by atoms with E-state index in [0.717, 1.165) is 12.8 Å². The molecule has 15 heavy (non-hydrogen) atoms. The average molecular weight is 236 g/mol. The third-order valence-corrected chi connectivity index (χ3v) is 4.15. The first-order valence-corrected chi connectivity index (χ1v) is 6.78. The van der Waals surface area contributed by atoms with E-state index in [0.29, 0.717) is 13.1 Å². The molecule has 1 rings (SSSR count). The monoisotopic (exact) mass is 236 g/mol. The smallest absolute Gasteiger partial charge is 0.279 e. The normalized spacial score (nSPS) is 23.9. The van der Waals surface area contributed by atoms with Crippen LogP contribution in [0.3, 0.4) is 0 Å². The molecule has 1 saturated heterocycles. The molecular weight excluding hydrogens is 216 g/mol. The van der Waals surface area contributed by atoms with Crippen LogP contribution in [0.2, 0.25) is 0 Å². The minimum absolute atomic E-state index is 0.0947. The van der Waals surface area contributed by atoms with Crippen LogP contribution >= 0.6 is 0 Å². The van der Waals surface area contributed by atoms with Crippen LogP contribution in [0.1, 0.15) is 26.7 Å². The Bertz CT molecular complexity index is 290. The van der Waals surface area contributed by atoms with E-state index in [1.165, 1.54) is 4.31 Å². The predicted molar refractivity (Wildman–Crippen MR) is 58.6 cm³/mol. The highest BCUT2D eigenvalue weighted by Gasteiger charge is 2.33. The number of nitrogens with one attached hydrogen (secondary N) is 1. The molecule has 0 spiro atoms. The summed E-state index contributed by atoms with van der Waals surface area (Å²) >= 11 is 0. The van der Waals surface area contributed by atoms with Crippen LogP contribution in [0, 0.1) is 5.92 Å². The molecule has 6 heteroatoms. The molecule has 0 aromatic rings. The third kappa shape index (κ3) is 3.41. The van der Waals surface area contributed by atoms with Crippen LogP contribution in [0.25, 0.3) is 0 Å². The van der Waals surface area contributed by atoms with E-state index >= 15 is 0 Å². The van der Waals surface area contributed by atoms with E-state index in [1.54, 1.807) is 0 Å². The summed E-state index contributed by atoms with van der Waals surface area (Å²) in [6.07, 6.45) is 1.58. The van der Waals surface area contributed by atoms with Gasteiger partial charge in [0.1, 0.15) is 0 Å². The minimum atomic E-state index is -3.39. The molecule has 0 aromatic heterocycles. The highest BCUT2D eigenvalue weighted by Crippen LogP contribution is 2.19. The molecule has 1 fully saturated rings. The predicted octanol–water partition coefficient (Wildman–Crippen LogP) is -0.0665. The number of aliphatic hydroxyl groups is 1. The van der Waals surface area contributed by atoms with E-state index in [9.17, 15) is 8.42 Å². The highest BCUT2D eigenvalue weighted by molar-refractivity contribution is 7.87. The van der Waals surface area contributed by atoms with E-state index < -0.39 is 10.2 Å². The summed E-state index contributed by atoms with van der Waals surface area (Å²) in [6, 6.07) is -0.241. The van der Waals surface area contributed by atoms with Gasteiger partial charge in [-0.05, 0) is 18.8 Å². The van der Waals surface area contributed by atoms with E-state index in [1.807, 2.05) is 13.8 Å². The Morgan fingerprint density at radius 1 is 1.53 bits per heavy atom. The van der Waals surface area contributed by atoms with Crippen LogP contribution < -0.4 is 4.72 Å². The van der Waals surface area contributed by atoms with Crippen molar-refractivity contribution in [2.24, 2.45) is 5.92 Å². The zero-order valence-corrected chi connectivity index (χ0v) is 10.1. The van der Waals surface area contributed by atoms with Crippen molar-refractivity contribution in [1.29, 1.82) is 0 Å². The molecule has 1 aliphatic heterocycles. The molecule has 0 bridgehead atoms. The summed E-state index contributed by atoms with van der Waals surface area (Å²) in [5, 5.41) is 9.04. The van der Waals surface area contributed by atoms with Crippen molar-refractivity contribution in [3.63, 3.8) is 0 Å². The maximum Gasteiger partial charge on any atom is 0.279 e. The topological polar surface area (TPSA) is 69.6 Å².